The van der Waals surface area contributed by atoms with Crippen molar-refractivity contribution >= 4 is 11.6 Å². The quantitative estimate of drug-likeness (QED) is 0.734. The second kappa shape index (κ2) is 7.93. The Balaban J connectivity index is 1.43. The highest BCUT2D eigenvalue weighted by atomic mass is 19.1. The van der Waals surface area contributed by atoms with Crippen LogP contribution >= 0.6 is 0 Å². The topological polar surface area (TPSA) is 74.0 Å². The maximum atomic E-state index is 13.1. The number of ether oxygens (including phenoxy) is 1. The number of rotatable bonds is 5. The smallest absolute Gasteiger partial charge is 0.274 e. The predicted octanol–water partition coefficient (Wildman–Crippen LogP) is 3.24. The normalized spacial score (nSPS) is 16.9. The Hall–Kier alpha value is -3.00. The van der Waals surface area contributed by atoms with Crippen molar-refractivity contribution in [3.8, 4) is 11.3 Å². The number of carbonyl (C=O) groups excluding carboxylic acids is 1. The van der Waals surface area contributed by atoms with Crippen molar-refractivity contribution < 1.29 is 13.9 Å². The van der Waals surface area contributed by atoms with Crippen LogP contribution in [0.4, 0.5) is 10.1 Å². The molecule has 3 heterocycles. The van der Waals surface area contributed by atoms with E-state index in [0.717, 1.165) is 25.0 Å². The van der Waals surface area contributed by atoms with Crippen LogP contribution in [0.3, 0.4) is 0 Å². The van der Waals surface area contributed by atoms with Gasteiger partial charge >= 0.3 is 0 Å². The van der Waals surface area contributed by atoms with Gasteiger partial charge in [0.15, 0.2) is 0 Å². The number of amides is 1. The zero-order valence-electron chi connectivity index (χ0n) is 15.6. The lowest BCUT2D eigenvalue weighted by atomic mass is 10.1. The van der Waals surface area contributed by atoms with E-state index in [2.05, 4.69) is 15.5 Å². The molecule has 0 aliphatic carbocycles. The molecule has 3 aromatic rings. The second-order valence-electron chi connectivity index (χ2n) is 6.94. The van der Waals surface area contributed by atoms with Crippen LogP contribution in [0.25, 0.3) is 11.3 Å². The van der Waals surface area contributed by atoms with Gasteiger partial charge in [0.1, 0.15) is 11.5 Å². The van der Waals surface area contributed by atoms with Crippen molar-refractivity contribution in [2.75, 3.05) is 11.9 Å². The highest BCUT2D eigenvalue weighted by Crippen LogP contribution is 2.20. The van der Waals surface area contributed by atoms with Crippen molar-refractivity contribution in [3.05, 3.63) is 54.2 Å². The molecule has 146 valence electrons. The first kappa shape index (κ1) is 18.4. The summed E-state index contributed by atoms with van der Waals surface area (Å²) in [5.74, 6) is -0.592. The first-order valence-electron chi connectivity index (χ1n) is 9.34. The Morgan fingerprint density at radius 3 is 2.89 bits per heavy atom. The van der Waals surface area contributed by atoms with E-state index in [-0.39, 0.29) is 17.8 Å². The molecule has 1 fully saturated rings. The summed E-state index contributed by atoms with van der Waals surface area (Å²) in [5.41, 5.74) is 2.38. The number of nitrogens with one attached hydrogen (secondary N) is 1. The third kappa shape index (κ3) is 4.12. The minimum atomic E-state index is -0.312. The number of nitrogens with zero attached hydrogens (tertiary/aromatic N) is 4. The largest absolute Gasteiger partial charge is 0.376 e. The van der Waals surface area contributed by atoms with Crippen LogP contribution in [0.5, 0.6) is 0 Å². The number of benzene rings is 1. The summed E-state index contributed by atoms with van der Waals surface area (Å²) in [6, 6.07) is 7.69. The van der Waals surface area contributed by atoms with Gasteiger partial charge in [-0.15, -0.1) is 0 Å². The van der Waals surface area contributed by atoms with Gasteiger partial charge in [0, 0.05) is 25.4 Å². The molecule has 1 aliphatic heterocycles. The molecule has 0 bridgehead atoms. The molecule has 1 atom stereocenters. The molecule has 28 heavy (non-hydrogen) atoms. The highest BCUT2D eigenvalue weighted by molar-refractivity contribution is 6.03. The van der Waals surface area contributed by atoms with Crippen LogP contribution in [0, 0.1) is 5.82 Å². The maximum absolute atomic E-state index is 13.1. The highest BCUT2D eigenvalue weighted by Gasteiger charge is 2.17. The maximum Gasteiger partial charge on any atom is 0.274 e. The Bertz CT molecular complexity index is 957. The average molecular weight is 383 g/mol. The fourth-order valence-electron chi connectivity index (χ4n) is 3.32. The van der Waals surface area contributed by atoms with Gasteiger partial charge in [0.05, 0.1) is 30.2 Å². The summed E-state index contributed by atoms with van der Waals surface area (Å²) in [7, 11) is 1.70. The van der Waals surface area contributed by atoms with Gasteiger partial charge in [-0.3, -0.25) is 14.2 Å². The monoisotopic (exact) mass is 383 g/mol. The van der Waals surface area contributed by atoms with Gasteiger partial charge in [-0.2, -0.15) is 10.2 Å². The van der Waals surface area contributed by atoms with Crippen LogP contribution in [0.1, 0.15) is 29.8 Å². The van der Waals surface area contributed by atoms with E-state index >= 15 is 0 Å². The molecule has 7 nitrogen and oxygen atoms in total. The van der Waals surface area contributed by atoms with E-state index in [1.807, 2.05) is 0 Å². The molecule has 0 spiro atoms. The van der Waals surface area contributed by atoms with Gasteiger partial charge < -0.3 is 10.1 Å². The molecule has 1 aliphatic rings. The fraction of sp³-hybridized carbons (Fsp3) is 0.350. The number of hydrogen-bond donors (Lipinski definition) is 1. The Morgan fingerprint density at radius 1 is 1.32 bits per heavy atom. The Kier molecular flexibility index (Phi) is 5.21. The number of aryl methyl sites for hydroxylation is 1. The summed E-state index contributed by atoms with van der Waals surface area (Å²) in [5, 5.41) is 11.5. The summed E-state index contributed by atoms with van der Waals surface area (Å²) in [6.07, 6.45) is 6.91. The summed E-state index contributed by atoms with van der Waals surface area (Å²) < 4.78 is 22.1. The number of hydrogen-bond acceptors (Lipinski definition) is 4. The number of carbonyl (C=O) groups is 1. The number of halogens is 1. The standard InChI is InChI=1S/C20H22FN5O2/c1-25-19(10-18(24-25)14-5-7-15(21)8-6-14)20(27)23-16-11-22-26(12-16)13-17-4-2-3-9-28-17/h5-8,10-12,17H,2-4,9,13H2,1H3,(H,23,27). The lowest BCUT2D eigenvalue weighted by Gasteiger charge is -2.22. The van der Waals surface area contributed by atoms with Crippen LogP contribution in [0.2, 0.25) is 0 Å². The fourth-order valence-corrected chi connectivity index (χ4v) is 3.32. The molecule has 1 amide bonds. The van der Waals surface area contributed by atoms with Crippen LogP contribution < -0.4 is 5.32 Å². The van der Waals surface area contributed by atoms with Crippen LogP contribution in [0.15, 0.2) is 42.7 Å². The van der Waals surface area contributed by atoms with Crippen molar-refractivity contribution in [1.82, 2.24) is 19.6 Å². The minimum absolute atomic E-state index is 0.174. The SMILES string of the molecule is Cn1nc(-c2ccc(F)cc2)cc1C(=O)Nc1cnn(CC2CCCCO2)c1. The molecule has 1 saturated heterocycles. The van der Waals surface area contributed by atoms with Crippen molar-refractivity contribution in [2.24, 2.45) is 7.05 Å². The minimum Gasteiger partial charge on any atom is -0.376 e. The molecule has 4 rings (SSSR count). The Morgan fingerprint density at radius 2 is 2.14 bits per heavy atom. The number of anilines is 1. The summed E-state index contributed by atoms with van der Waals surface area (Å²) >= 11 is 0. The van der Waals surface area contributed by atoms with Gasteiger partial charge in [-0.25, -0.2) is 4.39 Å². The molecule has 1 unspecified atom stereocenters. The summed E-state index contributed by atoms with van der Waals surface area (Å²) in [4.78, 5) is 12.6. The molecular weight excluding hydrogens is 361 g/mol. The summed E-state index contributed by atoms with van der Waals surface area (Å²) in [6.45, 7) is 1.47. The molecule has 1 aromatic carbocycles. The first-order valence-corrected chi connectivity index (χ1v) is 9.34. The second-order valence-corrected chi connectivity index (χ2v) is 6.94. The molecule has 2 aromatic heterocycles. The zero-order valence-corrected chi connectivity index (χ0v) is 15.6. The lowest BCUT2D eigenvalue weighted by molar-refractivity contribution is 0.00400. The van der Waals surface area contributed by atoms with Crippen molar-refractivity contribution in [3.63, 3.8) is 0 Å². The average Bonchev–Trinajstić information content (AvgIpc) is 3.29. The zero-order chi connectivity index (χ0) is 19.5. The van der Waals surface area contributed by atoms with Gasteiger partial charge in [-0.05, 0) is 49.6 Å². The van der Waals surface area contributed by atoms with Crippen LogP contribution in [-0.4, -0.2) is 38.2 Å². The van der Waals surface area contributed by atoms with E-state index in [9.17, 15) is 9.18 Å². The molecule has 8 heteroatoms. The molecule has 1 N–H and O–H groups in total. The van der Waals surface area contributed by atoms with E-state index in [1.54, 1.807) is 42.3 Å². The van der Waals surface area contributed by atoms with Crippen LogP contribution in [-0.2, 0) is 18.3 Å². The molecule has 0 saturated carbocycles. The van der Waals surface area contributed by atoms with E-state index in [4.69, 9.17) is 4.74 Å². The third-order valence-electron chi connectivity index (χ3n) is 4.81. The van der Waals surface area contributed by atoms with E-state index in [0.29, 0.717) is 23.6 Å². The van der Waals surface area contributed by atoms with Gasteiger partial charge in [0.25, 0.3) is 5.91 Å². The predicted molar refractivity (Wildman–Crippen MR) is 102 cm³/mol. The third-order valence-corrected chi connectivity index (χ3v) is 4.81. The molecular formula is C20H22FN5O2. The Labute approximate surface area is 162 Å². The molecule has 0 radical (unpaired) electrons. The van der Waals surface area contributed by atoms with Gasteiger partial charge in [0.2, 0.25) is 0 Å². The van der Waals surface area contributed by atoms with Crippen molar-refractivity contribution in [1.29, 1.82) is 0 Å². The lowest BCUT2D eigenvalue weighted by Crippen LogP contribution is -2.24. The van der Waals surface area contributed by atoms with E-state index < -0.39 is 0 Å². The van der Waals surface area contributed by atoms with E-state index in [1.165, 1.54) is 23.2 Å². The van der Waals surface area contributed by atoms with Crippen molar-refractivity contribution in [2.45, 2.75) is 31.9 Å². The number of aromatic nitrogens is 4. The van der Waals surface area contributed by atoms with Gasteiger partial charge in [-0.1, -0.05) is 0 Å². The first-order chi connectivity index (χ1) is 13.6.